The molecule has 2 rings (SSSR count). The van der Waals surface area contributed by atoms with Gasteiger partial charge in [-0.3, -0.25) is 14.3 Å². The maximum atomic E-state index is 11.9. The lowest BCUT2D eigenvalue weighted by molar-refractivity contribution is -0.0763. The van der Waals surface area contributed by atoms with Gasteiger partial charge in [-0.2, -0.15) is 0 Å². The maximum absolute atomic E-state index is 11.9. The van der Waals surface area contributed by atoms with Gasteiger partial charge < -0.3 is 19.7 Å². The lowest BCUT2D eigenvalue weighted by atomic mass is 10.1. The Morgan fingerprint density at radius 3 is 3.00 bits per heavy atom. The number of aromatic amines is 1. The van der Waals surface area contributed by atoms with E-state index in [1.54, 1.807) is 0 Å². The number of rotatable bonds is 4. The quantitative estimate of drug-likeness (QED) is 0.621. The van der Waals surface area contributed by atoms with Crippen LogP contribution in [0.25, 0.3) is 0 Å². The third kappa shape index (κ3) is 2.68. The summed E-state index contributed by atoms with van der Waals surface area (Å²) in [6.45, 7) is 1.05. The van der Waals surface area contributed by atoms with Crippen LogP contribution >= 0.6 is 0 Å². The van der Waals surface area contributed by atoms with Crippen LogP contribution in [0.4, 0.5) is 0 Å². The summed E-state index contributed by atoms with van der Waals surface area (Å²) in [5.41, 5.74) is -0.881. The molecule has 4 atom stereocenters. The first kappa shape index (κ1) is 13.5. The minimum atomic E-state index is -1.10. The van der Waals surface area contributed by atoms with Crippen molar-refractivity contribution >= 4 is 0 Å². The van der Waals surface area contributed by atoms with Crippen molar-refractivity contribution in [3.05, 3.63) is 32.6 Å². The van der Waals surface area contributed by atoms with Crippen LogP contribution in [0.5, 0.6) is 0 Å². The van der Waals surface area contributed by atoms with Crippen LogP contribution in [-0.4, -0.2) is 51.3 Å². The molecule has 0 bridgehead atoms. The monoisotopic (exact) mass is 287 g/mol. The molecule has 1 aliphatic rings. The fourth-order valence-corrected chi connectivity index (χ4v) is 2.09. The molecule has 112 valence electrons. The minimum absolute atomic E-state index is 0.0383. The van der Waals surface area contributed by atoms with Gasteiger partial charge in [0.05, 0.1) is 19.3 Å². The molecule has 0 amide bonds. The van der Waals surface area contributed by atoms with Crippen molar-refractivity contribution in [3.8, 4) is 0 Å². The first-order valence-electron chi connectivity index (χ1n) is 6.87. The van der Waals surface area contributed by atoms with Crippen molar-refractivity contribution in [2.45, 2.75) is 38.4 Å². The molecule has 8 nitrogen and oxygen atoms in total. The molecular weight excluding hydrogens is 268 g/mol. The summed E-state index contributed by atoms with van der Waals surface area (Å²) in [6.07, 6.45) is -2.46. The lowest BCUT2D eigenvalue weighted by Crippen LogP contribution is -2.40. The zero-order valence-corrected chi connectivity index (χ0v) is 11.0. The number of ether oxygens (including phenoxy) is 2. The Morgan fingerprint density at radius 1 is 1.60 bits per heavy atom. The topological polar surface area (TPSA) is 114 Å². The summed E-state index contributed by atoms with van der Waals surface area (Å²) < 4.78 is 19.3. The summed E-state index contributed by atoms with van der Waals surface area (Å²) in [6, 6.07) is 0. The number of hydrogen-bond acceptors (Lipinski definition) is 6. The van der Waals surface area contributed by atoms with Crippen LogP contribution in [0.15, 0.2) is 15.8 Å². The van der Waals surface area contributed by atoms with Gasteiger partial charge in [-0.15, -0.1) is 0 Å². The van der Waals surface area contributed by atoms with E-state index in [0.717, 1.165) is 4.57 Å². The Bertz CT molecular complexity index is 600. The molecule has 0 spiro atoms. The fourth-order valence-electron chi connectivity index (χ4n) is 2.09. The maximum Gasteiger partial charge on any atom is 0.330 e. The van der Waals surface area contributed by atoms with E-state index in [2.05, 4.69) is 4.98 Å². The predicted molar refractivity (Wildman–Crippen MR) is 68.5 cm³/mol. The normalized spacial score (nSPS) is 30.4. The number of hydrogen-bond donors (Lipinski definition) is 3. The third-order valence-corrected chi connectivity index (χ3v) is 3.13. The van der Waals surface area contributed by atoms with E-state index >= 15 is 0 Å². The number of aliphatic hydroxyl groups is 2. The second kappa shape index (κ2) is 5.88. The largest absolute Gasteiger partial charge is 0.394 e. The first-order chi connectivity index (χ1) is 9.99. The molecule has 1 aromatic heterocycles. The van der Waals surface area contributed by atoms with Crippen molar-refractivity contribution in [2.75, 3.05) is 13.2 Å². The highest BCUT2D eigenvalue weighted by Crippen LogP contribution is 2.30. The number of nitrogens with zero attached hydrogens (tertiary/aromatic N) is 1. The minimum Gasteiger partial charge on any atom is -0.394 e. The van der Waals surface area contributed by atoms with Crippen molar-refractivity contribution in [2.24, 2.45) is 0 Å². The summed E-state index contributed by atoms with van der Waals surface area (Å²) in [4.78, 5) is 25.4. The van der Waals surface area contributed by atoms with Gasteiger partial charge in [0, 0.05) is 13.1 Å². The van der Waals surface area contributed by atoms with E-state index in [4.69, 9.17) is 16.0 Å². The zero-order chi connectivity index (χ0) is 15.6. The van der Waals surface area contributed by atoms with Crippen molar-refractivity contribution in [1.82, 2.24) is 9.55 Å². The molecule has 1 saturated heterocycles. The summed E-state index contributed by atoms with van der Waals surface area (Å²) in [7, 11) is 0. The average molecular weight is 287 g/mol. The summed E-state index contributed by atoms with van der Waals surface area (Å²) >= 11 is 0. The number of H-pyrrole nitrogens is 1. The molecule has 0 radical (unpaired) electrons. The highest BCUT2D eigenvalue weighted by molar-refractivity contribution is 5.03. The van der Waals surface area contributed by atoms with Crippen molar-refractivity contribution in [1.29, 1.82) is 0 Å². The van der Waals surface area contributed by atoms with Crippen LogP contribution in [0.2, 0.25) is 0 Å². The second-order valence-electron chi connectivity index (χ2n) is 4.59. The van der Waals surface area contributed by atoms with Gasteiger partial charge in [0.15, 0.2) is 6.23 Å². The lowest BCUT2D eigenvalue weighted by Gasteiger charge is -2.22. The molecule has 3 N–H and O–H groups in total. The Kier molecular flexibility index (Phi) is 3.97. The molecule has 8 heteroatoms. The van der Waals surface area contributed by atoms with E-state index in [0.29, 0.717) is 5.56 Å². The van der Waals surface area contributed by atoms with E-state index in [-0.39, 0.29) is 20.1 Å². The number of aliphatic hydroxyl groups excluding tert-OH is 2. The summed E-state index contributed by atoms with van der Waals surface area (Å²) in [5.74, 6) is 0. The number of nitrogens with one attached hydrogen (secondary N) is 1. The zero-order valence-electron chi connectivity index (χ0n) is 12.0. The van der Waals surface area contributed by atoms with Crippen LogP contribution in [0.3, 0.4) is 0 Å². The van der Waals surface area contributed by atoms with Gasteiger partial charge in [0.1, 0.15) is 12.2 Å². The predicted octanol–water partition coefficient (Wildman–Crippen LogP) is -1.50. The Balaban J connectivity index is 2.37. The van der Waals surface area contributed by atoms with Gasteiger partial charge in [0.2, 0.25) is 0 Å². The Labute approximate surface area is 116 Å². The standard InChI is InChI=1S/C12H18N2O6/c1-6-5-14(12(18)13-10(6)17)11-9(19-4-3-15)8(16)7(2)20-11/h5,7-9,11,15-16H,3-4H2,1-2H3,(H,13,17,18)/t7-,8?,9+,11-/m1/s1/i2D. The Morgan fingerprint density at radius 2 is 2.35 bits per heavy atom. The first-order valence-corrected chi connectivity index (χ1v) is 6.17. The van der Waals surface area contributed by atoms with E-state index in [9.17, 15) is 14.7 Å². The summed E-state index contributed by atoms with van der Waals surface area (Å²) in [5, 5.41) is 18.9. The van der Waals surface area contributed by atoms with Crippen LogP contribution < -0.4 is 11.2 Å². The number of aryl methyl sites for hydroxylation is 1. The average Bonchev–Trinajstić information content (AvgIpc) is 2.77. The van der Waals surface area contributed by atoms with Crippen LogP contribution in [-0.2, 0) is 9.47 Å². The second-order valence-corrected chi connectivity index (χ2v) is 4.59. The molecule has 2 heterocycles. The van der Waals surface area contributed by atoms with Gasteiger partial charge in [-0.1, -0.05) is 0 Å². The smallest absolute Gasteiger partial charge is 0.330 e. The molecule has 0 saturated carbocycles. The van der Waals surface area contributed by atoms with Gasteiger partial charge >= 0.3 is 5.69 Å². The molecule has 1 aliphatic heterocycles. The highest BCUT2D eigenvalue weighted by atomic mass is 16.6. The van der Waals surface area contributed by atoms with Gasteiger partial charge in [-0.25, -0.2) is 4.79 Å². The van der Waals surface area contributed by atoms with Crippen LogP contribution in [0, 0.1) is 6.92 Å². The van der Waals surface area contributed by atoms with Crippen LogP contribution in [0.1, 0.15) is 20.1 Å². The van der Waals surface area contributed by atoms with E-state index < -0.39 is 35.8 Å². The number of aromatic nitrogens is 2. The molecule has 0 aromatic carbocycles. The van der Waals surface area contributed by atoms with Gasteiger partial charge in [-0.05, 0) is 13.8 Å². The molecule has 1 fully saturated rings. The molecular formula is C12H18N2O6. The fraction of sp³-hybridized carbons (Fsp3) is 0.667. The van der Waals surface area contributed by atoms with E-state index in [1.165, 1.54) is 13.1 Å². The van der Waals surface area contributed by atoms with Crippen molar-refractivity contribution < 1.29 is 21.1 Å². The molecule has 20 heavy (non-hydrogen) atoms. The van der Waals surface area contributed by atoms with Crippen molar-refractivity contribution in [3.63, 3.8) is 0 Å². The van der Waals surface area contributed by atoms with Gasteiger partial charge in [0.25, 0.3) is 5.56 Å². The highest BCUT2D eigenvalue weighted by Gasteiger charge is 2.43. The van der Waals surface area contributed by atoms with E-state index in [1.807, 2.05) is 0 Å². The Hall–Kier alpha value is -1.48. The molecule has 1 aromatic rings. The third-order valence-electron chi connectivity index (χ3n) is 3.13. The molecule has 1 unspecified atom stereocenters. The molecule has 0 aliphatic carbocycles. The SMILES string of the molecule is [2H]C[C@H]1O[C@@H](n2cc(C)c(=O)[nH]c2=O)[C@@H](OCCO)C1O.